The van der Waals surface area contributed by atoms with Crippen LogP contribution in [-0.2, 0) is 16.4 Å². The summed E-state index contributed by atoms with van der Waals surface area (Å²) in [5.74, 6) is 1.62. The number of rotatable bonds is 5. The summed E-state index contributed by atoms with van der Waals surface area (Å²) in [4.78, 5) is 0.358. The van der Waals surface area contributed by atoms with Gasteiger partial charge in [-0.25, -0.2) is 8.42 Å². The second-order valence-corrected chi connectivity index (χ2v) is 8.98. The fourth-order valence-electron chi connectivity index (χ4n) is 3.46. The van der Waals surface area contributed by atoms with E-state index in [2.05, 4.69) is 10.2 Å². The van der Waals surface area contributed by atoms with Crippen LogP contribution in [0.1, 0.15) is 24.1 Å². The van der Waals surface area contributed by atoms with Crippen molar-refractivity contribution in [1.29, 1.82) is 0 Å². The van der Waals surface area contributed by atoms with Gasteiger partial charge in [0.2, 0.25) is 15.9 Å². The molecule has 0 atom stereocenters. The van der Waals surface area contributed by atoms with E-state index in [9.17, 15) is 8.42 Å². The van der Waals surface area contributed by atoms with E-state index in [0.29, 0.717) is 43.0 Å². The number of sulfonamides is 1. The lowest BCUT2D eigenvalue weighted by Crippen LogP contribution is -2.39. The Hall–Kier alpha value is -2.19. The quantitative estimate of drug-likeness (QED) is 0.780. The molecular formula is C19H23N3O4S. The van der Waals surface area contributed by atoms with Gasteiger partial charge in [-0.3, -0.25) is 0 Å². The number of fused-ring (bicyclic) bond motifs is 1. The second-order valence-electron chi connectivity index (χ2n) is 7.04. The molecule has 1 fully saturated rings. The Labute approximate surface area is 159 Å². The number of hydrogen-bond donors (Lipinski definition) is 0. The SMILES string of the molecule is Cc1ccc(OCC2CCN(S(=O)(=O)c3ccc4c(c3)CCO4)CC2)nn1. The molecule has 1 aromatic heterocycles. The molecule has 0 saturated carbocycles. The minimum atomic E-state index is -3.46. The predicted octanol–water partition coefficient (Wildman–Crippen LogP) is 2.20. The van der Waals surface area contributed by atoms with Crippen LogP contribution in [0, 0.1) is 12.8 Å². The van der Waals surface area contributed by atoms with Gasteiger partial charge in [0.15, 0.2) is 0 Å². The summed E-state index contributed by atoms with van der Waals surface area (Å²) in [6.45, 7) is 4.03. The van der Waals surface area contributed by atoms with E-state index < -0.39 is 10.0 Å². The van der Waals surface area contributed by atoms with Crippen molar-refractivity contribution in [2.24, 2.45) is 5.92 Å². The molecule has 4 rings (SSSR count). The number of benzene rings is 1. The molecule has 0 unspecified atom stereocenters. The van der Waals surface area contributed by atoms with E-state index in [0.717, 1.165) is 36.3 Å². The van der Waals surface area contributed by atoms with Gasteiger partial charge in [-0.1, -0.05) is 0 Å². The van der Waals surface area contributed by atoms with Gasteiger partial charge in [-0.05, 0) is 55.5 Å². The van der Waals surface area contributed by atoms with E-state index in [1.807, 2.05) is 13.0 Å². The molecule has 0 spiro atoms. The average Bonchev–Trinajstić information content (AvgIpc) is 3.16. The normalized spacial score (nSPS) is 18.1. The Morgan fingerprint density at radius 1 is 1.19 bits per heavy atom. The summed E-state index contributed by atoms with van der Waals surface area (Å²) in [5.41, 5.74) is 1.82. The van der Waals surface area contributed by atoms with Crippen LogP contribution >= 0.6 is 0 Å². The highest BCUT2D eigenvalue weighted by molar-refractivity contribution is 7.89. The van der Waals surface area contributed by atoms with Crippen LogP contribution in [0.5, 0.6) is 11.6 Å². The van der Waals surface area contributed by atoms with Crippen molar-refractivity contribution in [2.45, 2.75) is 31.1 Å². The number of ether oxygens (including phenoxy) is 2. The standard InChI is InChI=1S/C19H23N3O4S/c1-14-2-5-19(21-20-14)26-13-15-6-9-22(10-7-15)27(23,24)17-3-4-18-16(12-17)8-11-25-18/h2-5,12,15H,6-11,13H2,1H3. The van der Waals surface area contributed by atoms with Crippen molar-refractivity contribution in [2.75, 3.05) is 26.3 Å². The molecule has 1 saturated heterocycles. The summed E-state index contributed by atoms with van der Waals surface area (Å²) in [7, 11) is -3.46. The number of aromatic nitrogens is 2. The lowest BCUT2D eigenvalue weighted by atomic mass is 9.99. The van der Waals surface area contributed by atoms with Crippen molar-refractivity contribution >= 4 is 10.0 Å². The van der Waals surface area contributed by atoms with E-state index in [1.54, 1.807) is 28.6 Å². The highest BCUT2D eigenvalue weighted by atomic mass is 32.2. The Morgan fingerprint density at radius 2 is 2.00 bits per heavy atom. The molecular weight excluding hydrogens is 366 g/mol. The highest BCUT2D eigenvalue weighted by Gasteiger charge is 2.30. The minimum absolute atomic E-state index is 0.313. The van der Waals surface area contributed by atoms with Crippen LogP contribution in [0.4, 0.5) is 0 Å². The Balaban J connectivity index is 1.35. The lowest BCUT2D eigenvalue weighted by molar-refractivity contribution is 0.180. The first kappa shape index (κ1) is 18.2. The number of nitrogens with zero attached hydrogens (tertiary/aromatic N) is 3. The average molecular weight is 389 g/mol. The van der Waals surface area contributed by atoms with Gasteiger partial charge in [0.1, 0.15) is 5.75 Å². The first-order chi connectivity index (χ1) is 13.0. The first-order valence-corrected chi connectivity index (χ1v) is 10.7. The Bertz CT molecular complexity index is 907. The molecule has 1 aromatic carbocycles. The number of hydrogen-bond acceptors (Lipinski definition) is 6. The smallest absolute Gasteiger partial charge is 0.243 e. The van der Waals surface area contributed by atoms with E-state index in [1.165, 1.54) is 0 Å². The maximum absolute atomic E-state index is 12.9. The van der Waals surface area contributed by atoms with Gasteiger partial charge in [0.25, 0.3) is 0 Å². The Kier molecular flexibility index (Phi) is 5.01. The summed E-state index contributed by atoms with van der Waals surface area (Å²) >= 11 is 0. The van der Waals surface area contributed by atoms with Gasteiger partial charge in [-0.15, -0.1) is 5.10 Å². The van der Waals surface area contributed by atoms with Crippen molar-refractivity contribution in [3.8, 4) is 11.6 Å². The molecule has 2 aliphatic rings. The van der Waals surface area contributed by atoms with E-state index >= 15 is 0 Å². The van der Waals surface area contributed by atoms with Crippen LogP contribution in [-0.4, -0.2) is 49.2 Å². The molecule has 2 aromatic rings. The van der Waals surface area contributed by atoms with Gasteiger partial charge in [0.05, 0.1) is 23.8 Å². The minimum Gasteiger partial charge on any atom is -0.493 e. The molecule has 3 heterocycles. The largest absolute Gasteiger partial charge is 0.493 e. The van der Waals surface area contributed by atoms with Crippen molar-refractivity contribution < 1.29 is 17.9 Å². The van der Waals surface area contributed by atoms with Crippen LogP contribution in [0.2, 0.25) is 0 Å². The molecule has 0 aliphatic carbocycles. The molecule has 144 valence electrons. The summed E-state index contributed by atoms with van der Waals surface area (Å²) in [6.07, 6.45) is 2.30. The summed E-state index contributed by atoms with van der Waals surface area (Å²) in [6, 6.07) is 8.82. The number of aryl methyl sites for hydroxylation is 1. The second kappa shape index (κ2) is 7.44. The molecule has 2 aliphatic heterocycles. The maximum atomic E-state index is 12.9. The molecule has 7 nitrogen and oxygen atoms in total. The molecule has 0 radical (unpaired) electrons. The topological polar surface area (TPSA) is 81.6 Å². The van der Waals surface area contributed by atoms with Crippen LogP contribution in [0.25, 0.3) is 0 Å². The van der Waals surface area contributed by atoms with Crippen LogP contribution in [0.15, 0.2) is 35.2 Å². The first-order valence-electron chi connectivity index (χ1n) is 9.21. The third kappa shape index (κ3) is 3.91. The molecule has 8 heteroatoms. The summed E-state index contributed by atoms with van der Waals surface area (Å²) in [5, 5.41) is 7.97. The van der Waals surface area contributed by atoms with Crippen molar-refractivity contribution in [1.82, 2.24) is 14.5 Å². The van der Waals surface area contributed by atoms with Crippen molar-refractivity contribution in [3.63, 3.8) is 0 Å². The third-order valence-electron chi connectivity index (χ3n) is 5.11. The van der Waals surface area contributed by atoms with Crippen molar-refractivity contribution in [3.05, 3.63) is 41.6 Å². The monoisotopic (exact) mass is 389 g/mol. The zero-order chi connectivity index (χ0) is 18.9. The zero-order valence-corrected chi connectivity index (χ0v) is 16.1. The zero-order valence-electron chi connectivity index (χ0n) is 15.3. The maximum Gasteiger partial charge on any atom is 0.243 e. The fraction of sp³-hybridized carbons (Fsp3) is 0.474. The highest BCUT2D eigenvalue weighted by Crippen LogP contribution is 2.30. The predicted molar refractivity (Wildman–Crippen MR) is 99.4 cm³/mol. The van der Waals surface area contributed by atoms with Gasteiger partial charge >= 0.3 is 0 Å². The fourth-order valence-corrected chi connectivity index (χ4v) is 4.98. The van der Waals surface area contributed by atoms with Gasteiger partial charge < -0.3 is 9.47 Å². The Morgan fingerprint density at radius 3 is 2.74 bits per heavy atom. The molecule has 0 bridgehead atoms. The lowest BCUT2D eigenvalue weighted by Gasteiger charge is -2.31. The number of piperidine rings is 1. The van der Waals surface area contributed by atoms with Crippen LogP contribution in [0.3, 0.4) is 0 Å². The summed E-state index contributed by atoms with van der Waals surface area (Å²) < 4.78 is 38.6. The third-order valence-corrected chi connectivity index (χ3v) is 7.01. The van der Waals surface area contributed by atoms with Gasteiger partial charge in [-0.2, -0.15) is 9.40 Å². The van der Waals surface area contributed by atoms with E-state index in [4.69, 9.17) is 9.47 Å². The van der Waals surface area contributed by atoms with E-state index in [-0.39, 0.29) is 0 Å². The molecule has 0 amide bonds. The van der Waals surface area contributed by atoms with Gasteiger partial charge in [0, 0.05) is 25.6 Å². The molecule has 0 N–H and O–H groups in total. The van der Waals surface area contributed by atoms with Crippen LogP contribution < -0.4 is 9.47 Å². The molecule has 27 heavy (non-hydrogen) atoms.